The highest BCUT2D eigenvalue weighted by Gasteiger charge is 2.36. The second-order valence-electron chi connectivity index (χ2n) is 4.11. The second-order valence-corrected chi connectivity index (χ2v) is 4.11. The van der Waals surface area contributed by atoms with Crippen LogP contribution >= 0.6 is 0 Å². The molecule has 9 heteroatoms. The van der Waals surface area contributed by atoms with E-state index in [-0.39, 0.29) is 13.1 Å². The summed E-state index contributed by atoms with van der Waals surface area (Å²) in [6, 6.07) is 0. The molecule has 6 nitrogen and oxygen atoms in total. The lowest BCUT2D eigenvalue weighted by molar-refractivity contribution is -0.168. The molecule has 0 aromatic rings. The Bertz CT molecular complexity index is 330. The van der Waals surface area contributed by atoms with Crippen LogP contribution in [0.3, 0.4) is 0 Å². The van der Waals surface area contributed by atoms with Gasteiger partial charge < -0.3 is 20.2 Å². The van der Waals surface area contributed by atoms with Crippen molar-refractivity contribution in [3.05, 3.63) is 0 Å². The Morgan fingerprint density at radius 3 is 2.32 bits per heavy atom. The fraction of sp³-hybridized carbons (Fsp3) is 0.800. The highest BCUT2D eigenvalue weighted by Crippen LogP contribution is 2.16. The van der Waals surface area contributed by atoms with Crippen LogP contribution in [0.25, 0.3) is 0 Å². The first-order valence-electron chi connectivity index (χ1n) is 5.81. The van der Waals surface area contributed by atoms with Crippen LogP contribution in [-0.2, 0) is 9.59 Å². The van der Waals surface area contributed by atoms with Gasteiger partial charge in [-0.1, -0.05) is 0 Å². The number of carbonyl (C=O) groups is 2. The third-order valence-corrected chi connectivity index (χ3v) is 2.61. The van der Waals surface area contributed by atoms with Crippen LogP contribution in [0.5, 0.6) is 0 Å². The molecule has 2 amide bonds. The highest BCUT2D eigenvalue weighted by atomic mass is 19.4. The van der Waals surface area contributed by atoms with Crippen molar-refractivity contribution in [2.75, 3.05) is 45.9 Å². The van der Waals surface area contributed by atoms with Crippen LogP contribution in [0.15, 0.2) is 0 Å². The largest absolute Gasteiger partial charge is 0.406 e. The zero-order chi connectivity index (χ0) is 14.5. The van der Waals surface area contributed by atoms with Crippen molar-refractivity contribution in [1.82, 2.24) is 15.1 Å². The molecule has 1 heterocycles. The first kappa shape index (κ1) is 15.7. The SMILES string of the molecule is O=C(C(=O)N(CCO)CC(F)(F)F)N1CCNCC1. The Morgan fingerprint density at radius 2 is 1.84 bits per heavy atom. The van der Waals surface area contributed by atoms with E-state index in [4.69, 9.17) is 5.11 Å². The molecular weight excluding hydrogens is 267 g/mol. The summed E-state index contributed by atoms with van der Waals surface area (Å²) in [6.07, 6.45) is -4.60. The van der Waals surface area contributed by atoms with Crippen LogP contribution in [0.1, 0.15) is 0 Å². The fourth-order valence-corrected chi connectivity index (χ4v) is 1.73. The van der Waals surface area contributed by atoms with E-state index in [1.807, 2.05) is 0 Å². The highest BCUT2D eigenvalue weighted by molar-refractivity contribution is 6.34. The molecule has 1 aliphatic heterocycles. The molecule has 0 radical (unpaired) electrons. The van der Waals surface area contributed by atoms with Crippen LogP contribution in [0.4, 0.5) is 13.2 Å². The number of carbonyl (C=O) groups excluding carboxylic acids is 2. The van der Waals surface area contributed by atoms with Gasteiger partial charge in [-0.25, -0.2) is 0 Å². The summed E-state index contributed by atoms with van der Waals surface area (Å²) < 4.78 is 36.9. The second kappa shape index (κ2) is 6.71. The van der Waals surface area contributed by atoms with E-state index in [9.17, 15) is 22.8 Å². The monoisotopic (exact) mass is 283 g/mol. The van der Waals surface area contributed by atoms with Gasteiger partial charge in [0.2, 0.25) is 0 Å². The van der Waals surface area contributed by atoms with Crippen LogP contribution in [0.2, 0.25) is 0 Å². The molecule has 1 aliphatic rings. The van der Waals surface area contributed by atoms with Crippen molar-refractivity contribution in [2.24, 2.45) is 0 Å². The lowest BCUT2D eigenvalue weighted by Crippen LogP contribution is -2.53. The molecular formula is C10H16F3N3O3. The third kappa shape index (κ3) is 5.03. The van der Waals surface area contributed by atoms with E-state index in [1.54, 1.807) is 0 Å². The standard InChI is InChI=1S/C10H16F3N3O3/c11-10(12,13)7-16(5-6-17)9(19)8(18)15-3-1-14-2-4-15/h14,17H,1-7H2. The van der Waals surface area contributed by atoms with Crippen LogP contribution in [-0.4, -0.2) is 78.8 Å². The predicted octanol–water partition coefficient (Wildman–Crippen LogP) is -1.20. The van der Waals surface area contributed by atoms with Crippen molar-refractivity contribution < 1.29 is 27.9 Å². The quantitative estimate of drug-likeness (QED) is 0.638. The molecule has 1 saturated heterocycles. The van der Waals surface area contributed by atoms with Gasteiger partial charge in [-0.3, -0.25) is 9.59 Å². The van der Waals surface area contributed by atoms with E-state index < -0.39 is 37.7 Å². The molecule has 0 aromatic heterocycles. The predicted molar refractivity (Wildman–Crippen MR) is 59.2 cm³/mol. The molecule has 0 spiro atoms. The van der Waals surface area contributed by atoms with Crippen LogP contribution < -0.4 is 5.32 Å². The van der Waals surface area contributed by atoms with Gasteiger partial charge in [-0.05, 0) is 0 Å². The molecule has 1 rings (SSSR count). The van der Waals surface area contributed by atoms with Gasteiger partial charge >= 0.3 is 18.0 Å². The number of amides is 2. The van der Waals surface area contributed by atoms with Gasteiger partial charge in [0.05, 0.1) is 6.61 Å². The minimum Gasteiger partial charge on any atom is -0.395 e. The van der Waals surface area contributed by atoms with Crippen molar-refractivity contribution in [3.63, 3.8) is 0 Å². The normalized spacial score (nSPS) is 16.3. The molecule has 1 fully saturated rings. The number of hydrogen-bond donors (Lipinski definition) is 2. The number of aliphatic hydroxyl groups excluding tert-OH is 1. The number of alkyl halides is 3. The van der Waals surface area contributed by atoms with E-state index in [0.717, 1.165) is 0 Å². The summed E-state index contributed by atoms with van der Waals surface area (Å²) in [4.78, 5) is 25.0. The Hall–Kier alpha value is -1.35. The van der Waals surface area contributed by atoms with Crippen LogP contribution in [0, 0.1) is 0 Å². The molecule has 19 heavy (non-hydrogen) atoms. The maximum Gasteiger partial charge on any atom is 0.406 e. The lowest BCUT2D eigenvalue weighted by atomic mass is 10.3. The first-order valence-corrected chi connectivity index (χ1v) is 5.81. The number of piperazine rings is 1. The third-order valence-electron chi connectivity index (χ3n) is 2.61. The molecule has 0 aromatic carbocycles. The zero-order valence-corrected chi connectivity index (χ0v) is 10.2. The summed E-state index contributed by atoms with van der Waals surface area (Å²) in [5, 5.41) is 11.6. The summed E-state index contributed by atoms with van der Waals surface area (Å²) in [5.41, 5.74) is 0. The Labute approximate surface area is 108 Å². The van der Waals surface area contributed by atoms with Crippen molar-refractivity contribution in [3.8, 4) is 0 Å². The molecule has 0 bridgehead atoms. The van der Waals surface area contributed by atoms with Gasteiger partial charge in [-0.15, -0.1) is 0 Å². The molecule has 0 aliphatic carbocycles. The fourth-order valence-electron chi connectivity index (χ4n) is 1.73. The van der Waals surface area contributed by atoms with Crippen molar-refractivity contribution in [2.45, 2.75) is 6.18 Å². The maximum atomic E-state index is 12.3. The zero-order valence-electron chi connectivity index (χ0n) is 10.2. The smallest absolute Gasteiger partial charge is 0.395 e. The average molecular weight is 283 g/mol. The molecule has 0 unspecified atom stereocenters. The number of aliphatic hydroxyl groups is 1. The van der Waals surface area contributed by atoms with Gasteiger partial charge in [0.25, 0.3) is 0 Å². The lowest BCUT2D eigenvalue weighted by Gasteiger charge is -2.29. The number of hydrogen-bond acceptors (Lipinski definition) is 4. The van der Waals surface area contributed by atoms with E-state index >= 15 is 0 Å². The molecule has 0 atom stereocenters. The average Bonchev–Trinajstić information content (AvgIpc) is 2.36. The van der Waals surface area contributed by atoms with Crippen molar-refractivity contribution in [1.29, 1.82) is 0 Å². The number of nitrogens with zero attached hydrogens (tertiary/aromatic N) is 2. The van der Waals surface area contributed by atoms with Crippen molar-refractivity contribution >= 4 is 11.8 Å². The Morgan fingerprint density at radius 1 is 1.26 bits per heavy atom. The van der Waals surface area contributed by atoms with Gasteiger partial charge in [0.15, 0.2) is 0 Å². The van der Waals surface area contributed by atoms with Gasteiger partial charge in [0, 0.05) is 32.7 Å². The summed E-state index contributed by atoms with van der Waals surface area (Å²) in [6.45, 7) is -1.12. The number of rotatable bonds is 3. The first-order chi connectivity index (χ1) is 8.85. The molecule has 110 valence electrons. The summed E-state index contributed by atoms with van der Waals surface area (Å²) in [7, 11) is 0. The Balaban J connectivity index is 2.66. The van der Waals surface area contributed by atoms with E-state index in [2.05, 4.69) is 5.32 Å². The maximum absolute atomic E-state index is 12.3. The minimum absolute atomic E-state index is 0.281. The van der Waals surface area contributed by atoms with Gasteiger partial charge in [-0.2, -0.15) is 13.2 Å². The van der Waals surface area contributed by atoms with E-state index in [1.165, 1.54) is 4.90 Å². The number of nitrogens with one attached hydrogen (secondary N) is 1. The number of halogens is 3. The van der Waals surface area contributed by atoms with E-state index in [0.29, 0.717) is 18.0 Å². The molecule has 0 saturated carbocycles. The topological polar surface area (TPSA) is 72.9 Å². The summed E-state index contributed by atoms with van der Waals surface area (Å²) >= 11 is 0. The summed E-state index contributed by atoms with van der Waals surface area (Å²) in [5.74, 6) is -2.19. The Kier molecular flexibility index (Phi) is 5.55. The molecule has 2 N–H and O–H groups in total. The van der Waals surface area contributed by atoms with Gasteiger partial charge in [0.1, 0.15) is 6.54 Å². The minimum atomic E-state index is -4.60.